The fraction of sp³-hybridized carbons (Fsp3) is 0.200. The zero-order valence-corrected chi connectivity index (χ0v) is 12.5. The van der Waals surface area contributed by atoms with Gasteiger partial charge in [-0.3, -0.25) is 4.79 Å². The van der Waals surface area contributed by atoms with Gasteiger partial charge in [-0.1, -0.05) is 6.07 Å². The van der Waals surface area contributed by atoms with E-state index < -0.39 is 5.97 Å². The number of carbonyl (C=O) groups excluding carboxylic acids is 2. The number of ether oxygens (including phenoxy) is 2. The van der Waals surface area contributed by atoms with Gasteiger partial charge in [-0.25, -0.2) is 4.79 Å². The molecule has 5 nitrogen and oxygen atoms in total. The summed E-state index contributed by atoms with van der Waals surface area (Å²) in [5.74, 6) is -0.146. The Balaban J connectivity index is 2.17. The molecule has 6 heteroatoms. The van der Waals surface area contributed by atoms with Crippen LogP contribution in [0.4, 0.5) is 5.69 Å². The van der Waals surface area contributed by atoms with Crippen molar-refractivity contribution in [3.8, 4) is 5.75 Å². The molecule has 1 aromatic heterocycles. The first-order valence-electron chi connectivity index (χ1n) is 6.35. The van der Waals surface area contributed by atoms with Crippen molar-refractivity contribution in [2.24, 2.45) is 0 Å². The molecule has 1 aromatic carbocycles. The second kappa shape index (κ2) is 6.90. The molecule has 0 atom stereocenters. The maximum absolute atomic E-state index is 12.2. The van der Waals surface area contributed by atoms with Crippen molar-refractivity contribution in [2.45, 2.75) is 6.92 Å². The zero-order chi connectivity index (χ0) is 15.2. The molecule has 1 N–H and O–H groups in total. The van der Waals surface area contributed by atoms with Crippen molar-refractivity contribution < 1.29 is 19.1 Å². The van der Waals surface area contributed by atoms with Gasteiger partial charge in [0.05, 0.1) is 19.4 Å². The molecular formula is C15H15NO4S. The van der Waals surface area contributed by atoms with Crippen LogP contribution in [0.3, 0.4) is 0 Å². The summed E-state index contributed by atoms with van der Waals surface area (Å²) >= 11 is 1.22. The zero-order valence-electron chi connectivity index (χ0n) is 11.7. The molecule has 0 bridgehead atoms. The fourth-order valence-electron chi connectivity index (χ4n) is 1.75. The van der Waals surface area contributed by atoms with E-state index in [0.717, 1.165) is 0 Å². The lowest BCUT2D eigenvalue weighted by atomic mass is 10.2. The fourth-order valence-corrected chi connectivity index (χ4v) is 2.51. The normalized spacial score (nSPS) is 10.0. The molecule has 0 aliphatic rings. The van der Waals surface area contributed by atoms with Gasteiger partial charge in [0, 0.05) is 5.56 Å². The molecular weight excluding hydrogens is 290 g/mol. The monoisotopic (exact) mass is 305 g/mol. The van der Waals surface area contributed by atoms with E-state index in [1.165, 1.54) is 18.4 Å². The Hall–Kier alpha value is -2.34. The van der Waals surface area contributed by atoms with Crippen LogP contribution in [-0.4, -0.2) is 25.6 Å². The molecule has 1 heterocycles. The Morgan fingerprint density at radius 3 is 2.81 bits per heavy atom. The third-order valence-corrected chi connectivity index (χ3v) is 3.59. The lowest BCUT2D eigenvalue weighted by Gasteiger charge is -2.07. The highest BCUT2D eigenvalue weighted by molar-refractivity contribution is 7.12. The van der Waals surface area contributed by atoms with Gasteiger partial charge in [0.1, 0.15) is 10.6 Å². The Labute approximate surface area is 126 Å². The lowest BCUT2D eigenvalue weighted by Crippen LogP contribution is -2.14. The number of hydrogen-bond donors (Lipinski definition) is 1. The van der Waals surface area contributed by atoms with Gasteiger partial charge in [0.15, 0.2) is 0 Å². The van der Waals surface area contributed by atoms with Crippen molar-refractivity contribution in [3.05, 3.63) is 46.2 Å². The number of esters is 1. The van der Waals surface area contributed by atoms with Crippen LogP contribution in [0.25, 0.3) is 0 Å². The summed E-state index contributed by atoms with van der Waals surface area (Å²) in [7, 11) is 1.30. The molecule has 1 amide bonds. The second-order valence-electron chi connectivity index (χ2n) is 4.07. The molecule has 0 radical (unpaired) electrons. The second-order valence-corrected chi connectivity index (χ2v) is 4.99. The Morgan fingerprint density at radius 1 is 1.29 bits per heavy atom. The van der Waals surface area contributed by atoms with Gasteiger partial charge in [-0.05, 0) is 36.6 Å². The quantitative estimate of drug-likeness (QED) is 0.862. The van der Waals surface area contributed by atoms with Gasteiger partial charge >= 0.3 is 5.97 Å². The van der Waals surface area contributed by atoms with Crippen LogP contribution in [0, 0.1) is 0 Å². The van der Waals surface area contributed by atoms with Crippen molar-refractivity contribution in [3.63, 3.8) is 0 Å². The molecule has 0 fully saturated rings. The average molecular weight is 305 g/mol. The topological polar surface area (TPSA) is 64.6 Å². The molecule has 0 saturated carbocycles. The van der Waals surface area contributed by atoms with E-state index in [2.05, 4.69) is 10.1 Å². The van der Waals surface area contributed by atoms with Gasteiger partial charge in [-0.15, -0.1) is 11.3 Å². The van der Waals surface area contributed by atoms with Gasteiger partial charge < -0.3 is 14.8 Å². The van der Waals surface area contributed by atoms with Crippen LogP contribution in [0.1, 0.15) is 27.0 Å². The van der Waals surface area contributed by atoms with Gasteiger partial charge in [-0.2, -0.15) is 0 Å². The van der Waals surface area contributed by atoms with Crippen LogP contribution in [-0.2, 0) is 4.74 Å². The Morgan fingerprint density at radius 2 is 2.10 bits per heavy atom. The maximum Gasteiger partial charge on any atom is 0.350 e. The predicted molar refractivity (Wildman–Crippen MR) is 81.2 cm³/mol. The molecule has 0 aliphatic carbocycles. The van der Waals surface area contributed by atoms with Crippen LogP contribution in [0.5, 0.6) is 5.75 Å². The van der Waals surface area contributed by atoms with Crippen LogP contribution in [0.2, 0.25) is 0 Å². The smallest absolute Gasteiger partial charge is 0.350 e. The number of nitrogens with one attached hydrogen (secondary N) is 1. The minimum absolute atomic E-state index is 0.305. The average Bonchev–Trinajstić information content (AvgIpc) is 2.95. The number of thiophene rings is 1. The number of anilines is 1. The first-order valence-corrected chi connectivity index (χ1v) is 7.23. The summed E-state index contributed by atoms with van der Waals surface area (Å²) < 4.78 is 10.0. The summed E-state index contributed by atoms with van der Waals surface area (Å²) in [5, 5.41) is 4.43. The third-order valence-electron chi connectivity index (χ3n) is 2.69. The van der Waals surface area contributed by atoms with E-state index in [9.17, 15) is 9.59 Å². The summed E-state index contributed by atoms with van der Waals surface area (Å²) in [6.07, 6.45) is 0. The van der Waals surface area contributed by atoms with Crippen molar-refractivity contribution >= 4 is 28.9 Å². The van der Waals surface area contributed by atoms with Crippen molar-refractivity contribution in [2.75, 3.05) is 19.0 Å². The number of carbonyl (C=O) groups is 2. The van der Waals surface area contributed by atoms with Crippen LogP contribution < -0.4 is 10.1 Å². The summed E-state index contributed by atoms with van der Waals surface area (Å²) in [5.41, 5.74) is 0.904. The van der Waals surface area contributed by atoms with E-state index in [1.807, 2.05) is 6.92 Å². The van der Waals surface area contributed by atoms with E-state index in [0.29, 0.717) is 28.5 Å². The predicted octanol–water partition coefficient (Wildman–Crippen LogP) is 3.19. The summed E-state index contributed by atoms with van der Waals surface area (Å²) in [6.45, 7) is 2.41. The standard InChI is InChI=1S/C15H15NO4S/c1-3-20-11-6-4-5-10(9-11)14(17)16-12-7-8-21-13(12)15(18)19-2/h4-9H,3H2,1-2H3,(H,16,17). The van der Waals surface area contributed by atoms with Gasteiger partial charge in [0.2, 0.25) is 0 Å². The highest BCUT2D eigenvalue weighted by atomic mass is 32.1. The summed E-state index contributed by atoms with van der Waals surface area (Å²) in [4.78, 5) is 24.2. The number of rotatable bonds is 5. The first kappa shape index (κ1) is 15.1. The van der Waals surface area contributed by atoms with E-state index in [4.69, 9.17) is 4.74 Å². The summed E-state index contributed by atoms with van der Waals surface area (Å²) in [6, 6.07) is 8.53. The molecule has 21 heavy (non-hydrogen) atoms. The first-order chi connectivity index (χ1) is 10.2. The minimum atomic E-state index is -0.469. The Bertz CT molecular complexity index is 651. The largest absolute Gasteiger partial charge is 0.494 e. The van der Waals surface area contributed by atoms with E-state index in [-0.39, 0.29) is 5.91 Å². The number of benzene rings is 1. The maximum atomic E-state index is 12.2. The van der Waals surface area contributed by atoms with Crippen molar-refractivity contribution in [1.82, 2.24) is 0 Å². The number of amides is 1. The van der Waals surface area contributed by atoms with Gasteiger partial charge in [0.25, 0.3) is 5.91 Å². The third kappa shape index (κ3) is 3.61. The number of methoxy groups -OCH3 is 1. The minimum Gasteiger partial charge on any atom is -0.494 e. The molecule has 2 aromatic rings. The molecule has 0 spiro atoms. The van der Waals surface area contributed by atoms with E-state index in [1.54, 1.807) is 35.7 Å². The highest BCUT2D eigenvalue weighted by Gasteiger charge is 2.16. The SMILES string of the molecule is CCOc1cccc(C(=O)Nc2ccsc2C(=O)OC)c1. The van der Waals surface area contributed by atoms with Crippen LogP contribution >= 0.6 is 11.3 Å². The molecule has 110 valence electrons. The molecule has 0 saturated heterocycles. The van der Waals surface area contributed by atoms with Crippen LogP contribution in [0.15, 0.2) is 35.7 Å². The Kier molecular flexibility index (Phi) is 4.94. The highest BCUT2D eigenvalue weighted by Crippen LogP contribution is 2.24. The lowest BCUT2D eigenvalue weighted by molar-refractivity contribution is 0.0607. The van der Waals surface area contributed by atoms with E-state index >= 15 is 0 Å². The molecule has 2 rings (SSSR count). The number of hydrogen-bond acceptors (Lipinski definition) is 5. The van der Waals surface area contributed by atoms with Crippen molar-refractivity contribution in [1.29, 1.82) is 0 Å². The molecule has 0 unspecified atom stereocenters. The molecule has 0 aliphatic heterocycles.